The molecular formula is C15H13NO5. The van der Waals surface area contributed by atoms with Crippen molar-refractivity contribution in [2.24, 2.45) is 0 Å². The van der Waals surface area contributed by atoms with Crippen LogP contribution in [0.4, 0.5) is 5.69 Å². The molecule has 0 aliphatic rings. The molecule has 0 saturated carbocycles. The molecule has 2 aromatic carbocycles. The Balaban J connectivity index is 2.39. The van der Waals surface area contributed by atoms with Crippen LogP contribution in [0.3, 0.4) is 0 Å². The van der Waals surface area contributed by atoms with E-state index in [1.807, 2.05) is 0 Å². The molecule has 0 aliphatic carbocycles. The molecule has 0 atom stereocenters. The maximum absolute atomic E-state index is 11.0. The second kappa shape index (κ2) is 5.62. The molecule has 0 saturated heterocycles. The van der Waals surface area contributed by atoms with Crippen LogP contribution in [-0.2, 0) is 0 Å². The fourth-order valence-electron chi connectivity index (χ4n) is 1.87. The number of carboxylic acid groups (broad SMARTS) is 1. The molecule has 6 nitrogen and oxygen atoms in total. The number of aryl methyl sites for hydroxylation is 2. The summed E-state index contributed by atoms with van der Waals surface area (Å²) in [5, 5.41) is 19.9. The third kappa shape index (κ3) is 3.17. The smallest absolute Gasteiger partial charge is 0.335 e. The van der Waals surface area contributed by atoms with E-state index in [-0.39, 0.29) is 17.0 Å². The first-order valence-corrected chi connectivity index (χ1v) is 6.15. The van der Waals surface area contributed by atoms with E-state index in [1.165, 1.54) is 30.3 Å². The zero-order valence-electron chi connectivity index (χ0n) is 11.5. The predicted octanol–water partition coefficient (Wildman–Crippen LogP) is 3.70. The summed E-state index contributed by atoms with van der Waals surface area (Å²) < 4.78 is 5.56. The highest BCUT2D eigenvalue weighted by molar-refractivity contribution is 5.88. The van der Waals surface area contributed by atoms with Gasteiger partial charge in [-0.05, 0) is 49.2 Å². The minimum atomic E-state index is -1.04. The zero-order valence-corrected chi connectivity index (χ0v) is 11.5. The molecule has 0 aromatic heterocycles. The summed E-state index contributed by atoms with van der Waals surface area (Å²) in [6.07, 6.45) is 0. The van der Waals surface area contributed by atoms with Crippen molar-refractivity contribution in [2.45, 2.75) is 13.8 Å². The van der Waals surface area contributed by atoms with Crippen LogP contribution in [0, 0.1) is 24.0 Å². The van der Waals surface area contributed by atoms with Crippen molar-refractivity contribution < 1.29 is 19.6 Å². The SMILES string of the molecule is Cc1ccc(Oc2ccc(C(=O)O)cc2C)c([N+](=O)[O-])c1. The number of hydrogen-bond acceptors (Lipinski definition) is 4. The van der Waals surface area contributed by atoms with Crippen molar-refractivity contribution in [3.8, 4) is 11.5 Å². The second-order valence-corrected chi connectivity index (χ2v) is 4.62. The summed E-state index contributed by atoms with van der Waals surface area (Å²) in [5.74, 6) is -0.533. The van der Waals surface area contributed by atoms with Crippen molar-refractivity contribution in [3.63, 3.8) is 0 Å². The van der Waals surface area contributed by atoms with E-state index in [0.717, 1.165) is 5.56 Å². The Hall–Kier alpha value is -2.89. The van der Waals surface area contributed by atoms with E-state index in [0.29, 0.717) is 11.3 Å². The highest BCUT2D eigenvalue weighted by atomic mass is 16.6. The predicted molar refractivity (Wildman–Crippen MR) is 76.0 cm³/mol. The number of benzene rings is 2. The fraction of sp³-hybridized carbons (Fsp3) is 0.133. The van der Waals surface area contributed by atoms with E-state index >= 15 is 0 Å². The van der Waals surface area contributed by atoms with Gasteiger partial charge >= 0.3 is 11.7 Å². The van der Waals surface area contributed by atoms with Gasteiger partial charge in [-0.3, -0.25) is 10.1 Å². The first-order valence-electron chi connectivity index (χ1n) is 6.15. The lowest BCUT2D eigenvalue weighted by Gasteiger charge is -2.10. The zero-order chi connectivity index (χ0) is 15.6. The summed E-state index contributed by atoms with van der Waals surface area (Å²) in [6.45, 7) is 3.44. The highest BCUT2D eigenvalue weighted by Crippen LogP contribution is 2.33. The fourth-order valence-corrected chi connectivity index (χ4v) is 1.87. The van der Waals surface area contributed by atoms with Crippen LogP contribution in [0.15, 0.2) is 36.4 Å². The van der Waals surface area contributed by atoms with Crippen molar-refractivity contribution in [1.82, 2.24) is 0 Å². The Bertz CT molecular complexity index is 724. The van der Waals surface area contributed by atoms with E-state index in [4.69, 9.17) is 9.84 Å². The topological polar surface area (TPSA) is 89.7 Å². The van der Waals surface area contributed by atoms with E-state index in [1.54, 1.807) is 19.9 Å². The minimum Gasteiger partial charge on any atom is -0.478 e. The second-order valence-electron chi connectivity index (χ2n) is 4.62. The maximum Gasteiger partial charge on any atom is 0.335 e. The number of nitrogens with zero attached hydrogens (tertiary/aromatic N) is 1. The number of carboxylic acids is 1. The molecule has 6 heteroatoms. The van der Waals surface area contributed by atoms with Gasteiger partial charge in [-0.1, -0.05) is 6.07 Å². The van der Waals surface area contributed by atoms with Crippen LogP contribution in [0.25, 0.3) is 0 Å². The van der Waals surface area contributed by atoms with Crippen molar-refractivity contribution in [2.75, 3.05) is 0 Å². The van der Waals surface area contributed by atoms with Gasteiger partial charge in [-0.25, -0.2) is 4.79 Å². The molecule has 0 bridgehead atoms. The quantitative estimate of drug-likeness (QED) is 0.684. The average Bonchev–Trinajstić information content (AvgIpc) is 2.42. The molecule has 0 unspecified atom stereocenters. The number of rotatable bonds is 4. The lowest BCUT2D eigenvalue weighted by atomic mass is 10.1. The lowest BCUT2D eigenvalue weighted by molar-refractivity contribution is -0.385. The van der Waals surface area contributed by atoms with Gasteiger partial charge in [-0.15, -0.1) is 0 Å². The van der Waals surface area contributed by atoms with Crippen molar-refractivity contribution in [1.29, 1.82) is 0 Å². The number of nitro groups is 1. The van der Waals surface area contributed by atoms with Crippen molar-refractivity contribution in [3.05, 3.63) is 63.2 Å². The molecular weight excluding hydrogens is 274 g/mol. The Morgan fingerprint density at radius 3 is 2.38 bits per heavy atom. The van der Waals surface area contributed by atoms with Gasteiger partial charge in [0.1, 0.15) is 5.75 Å². The van der Waals surface area contributed by atoms with Gasteiger partial charge in [-0.2, -0.15) is 0 Å². The van der Waals surface area contributed by atoms with Crippen LogP contribution in [0.2, 0.25) is 0 Å². The summed E-state index contributed by atoms with van der Waals surface area (Å²) >= 11 is 0. The molecule has 1 N–H and O–H groups in total. The number of aromatic carboxylic acids is 1. The van der Waals surface area contributed by atoms with E-state index in [9.17, 15) is 14.9 Å². The molecule has 0 fully saturated rings. The Kier molecular flexibility index (Phi) is 3.89. The third-order valence-electron chi connectivity index (χ3n) is 2.95. The first-order chi connectivity index (χ1) is 9.88. The van der Waals surface area contributed by atoms with Gasteiger partial charge in [0, 0.05) is 6.07 Å². The summed E-state index contributed by atoms with van der Waals surface area (Å²) in [6, 6.07) is 9.00. The summed E-state index contributed by atoms with van der Waals surface area (Å²) in [7, 11) is 0. The Labute approximate surface area is 120 Å². The molecule has 0 aliphatic heterocycles. The molecule has 108 valence electrons. The first kappa shape index (κ1) is 14.5. The van der Waals surface area contributed by atoms with E-state index < -0.39 is 10.9 Å². The van der Waals surface area contributed by atoms with E-state index in [2.05, 4.69) is 0 Å². The highest BCUT2D eigenvalue weighted by Gasteiger charge is 2.17. The maximum atomic E-state index is 11.0. The van der Waals surface area contributed by atoms with Crippen LogP contribution in [0.1, 0.15) is 21.5 Å². The van der Waals surface area contributed by atoms with Crippen LogP contribution < -0.4 is 4.74 Å². The normalized spacial score (nSPS) is 10.2. The Morgan fingerprint density at radius 1 is 1.14 bits per heavy atom. The molecule has 0 heterocycles. The van der Waals surface area contributed by atoms with Crippen LogP contribution in [-0.4, -0.2) is 16.0 Å². The lowest BCUT2D eigenvalue weighted by Crippen LogP contribution is -1.98. The van der Waals surface area contributed by atoms with Gasteiger partial charge in [0.25, 0.3) is 0 Å². The largest absolute Gasteiger partial charge is 0.478 e. The van der Waals surface area contributed by atoms with Gasteiger partial charge in [0.15, 0.2) is 0 Å². The minimum absolute atomic E-state index is 0.122. The monoisotopic (exact) mass is 287 g/mol. The number of nitro benzene ring substituents is 1. The third-order valence-corrected chi connectivity index (χ3v) is 2.95. The van der Waals surface area contributed by atoms with Gasteiger partial charge in [0.2, 0.25) is 5.75 Å². The van der Waals surface area contributed by atoms with Crippen LogP contribution in [0.5, 0.6) is 11.5 Å². The Morgan fingerprint density at radius 2 is 1.81 bits per heavy atom. The number of hydrogen-bond donors (Lipinski definition) is 1. The molecule has 0 radical (unpaired) electrons. The van der Waals surface area contributed by atoms with Gasteiger partial charge in [0.05, 0.1) is 10.5 Å². The average molecular weight is 287 g/mol. The van der Waals surface area contributed by atoms with Crippen molar-refractivity contribution >= 4 is 11.7 Å². The molecule has 0 amide bonds. The number of ether oxygens (including phenoxy) is 1. The van der Waals surface area contributed by atoms with Crippen LogP contribution >= 0.6 is 0 Å². The summed E-state index contributed by atoms with van der Waals surface area (Å²) in [4.78, 5) is 21.4. The molecule has 2 aromatic rings. The number of carbonyl (C=O) groups is 1. The molecule has 21 heavy (non-hydrogen) atoms. The van der Waals surface area contributed by atoms with Gasteiger partial charge < -0.3 is 9.84 Å². The molecule has 0 spiro atoms. The summed E-state index contributed by atoms with van der Waals surface area (Å²) in [5.41, 5.74) is 1.35. The standard InChI is InChI=1S/C15H13NO5/c1-9-3-5-14(12(7-9)16(19)20)21-13-6-4-11(15(17)18)8-10(13)2/h3-8H,1-2H3,(H,17,18). The molecule has 2 rings (SSSR count).